The van der Waals surface area contributed by atoms with E-state index in [9.17, 15) is 28.6 Å². The number of carbonyl (C=O) groups excluding carboxylic acids is 1. The number of imidazole rings is 1. The first-order valence-electron chi connectivity index (χ1n) is 11.2. The third kappa shape index (κ3) is 4.70. The van der Waals surface area contributed by atoms with Crippen molar-refractivity contribution in [1.29, 1.82) is 0 Å². The average molecular weight is 494 g/mol. The van der Waals surface area contributed by atoms with E-state index >= 15 is 0 Å². The minimum atomic E-state index is -1.11. The van der Waals surface area contributed by atoms with Crippen molar-refractivity contribution in [2.24, 2.45) is 0 Å². The molecule has 0 aliphatic rings. The number of Topliss-reactive ketones (excluding diaryl/α,β-unsaturated/α-hetero) is 1. The quantitative estimate of drug-likeness (QED) is 0.327. The summed E-state index contributed by atoms with van der Waals surface area (Å²) < 4.78 is 35.2. The van der Waals surface area contributed by atoms with E-state index in [1.807, 2.05) is 0 Å². The molecular weight excluding hydrogens is 470 g/mol. The normalized spacial score (nSPS) is 12.9. The van der Waals surface area contributed by atoms with Gasteiger partial charge in [-0.25, -0.2) is 18.6 Å². The predicted octanol–water partition coefficient (Wildman–Crippen LogP) is 4.72. The van der Waals surface area contributed by atoms with Gasteiger partial charge in [-0.2, -0.15) is 0 Å². The van der Waals surface area contributed by atoms with Crippen LogP contribution in [0.3, 0.4) is 0 Å². The molecule has 9 heteroatoms. The number of pyridine rings is 1. The van der Waals surface area contributed by atoms with Gasteiger partial charge in [0.15, 0.2) is 17.2 Å². The number of carboxylic acids is 1. The van der Waals surface area contributed by atoms with Crippen molar-refractivity contribution < 1.29 is 33.3 Å². The van der Waals surface area contributed by atoms with Crippen molar-refractivity contribution in [2.75, 3.05) is 6.61 Å². The number of aliphatic hydroxyl groups excluding tert-OH is 1. The van der Waals surface area contributed by atoms with Gasteiger partial charge in [-0.3, -0.25) is 9.20 Å². The number of halogens is 2. The molecule has 0 saturated carbocycles. The first kappa shape index (κ1) is 25.0. The van der Waals surface area contributed by atoms with Gasteiger partial charge in [0.2, 0.25) is 0 Å². The Kier molecular flexibility index (Phi) is 6.85. The van der Waals surface area contributed by atoms with Gasteiger partial charge >= 0.3 is 5.97 Å². The van der Waals surface area contributed by atoms with Crippen molar-refractivity contribution in [1.82, 2.24) is 9.38 Å². The smallest absolute Gasteiger partial charge is 0.335 e. The summed E-state index contributed by atoms with van der Waals surface area (Å²) in [4.78, 5) is 29.3. The van der Waals surface area contributed by atoms with Crippen LogP contribution in [0.4, 0.5) is 8.78 Å². The van der Waals surface area contributed by atoms with Gasteiger partial charge in [-0.05, 0) is 48.9 Å². The van der Waals surface area contributed by atoms with Gasteiger partial charge < -0.3 is 14.9 Å². The summed E-state index contributed by atoms with van der Waals surface area (Å²) in [7, 11) is 0. The molecule has 2 N–H and O–H groups in total. The van der Waals surface area contributed by atoms with Crippen LogP contribution in [0.15, 0.2) is 60.8 Å². The molecule has 0 unspecified atom stereocenters. The highest BCUT2D eigenvalue weighted by atomic mass is 19.1. The number of benzene rings is 2. The van der Waals surface area contributed by atoms with E-state index in [1.54, 1.807) is 44.3 Å². The van der Waals surface area contributed by atoms with Crippen molar-refractivity contribution in [3.8, 4) is 5.75 Å². The summed E-state index contributed by atoms with van der Waals surface area (Å²) in [5.74, 6) is -2.65. The Morgan fingerprint density at radius 3 is 2.44 bits per heavy atom. The van der Waals surface area contributed by atoms with Crippen LogP contribution in [0.1, 0.15) is 51.0 Å². The Bertz CT molecular complexity index is 1450. The highest BCUT2D eigenvalue weighted by molar-refractivity contribution is 5.97. The first-order valence-corrected chi connectivity index (χ1v) is 11.2. The minimum absolute atomic E-state index is 0.0543. The van der Waals surface area contributed by atoms with Crippen LogP contribution < -0.4 is 4.74 Å². The van der Waals surface area contributed by atoms with Crippen LogP contribution in [-0.4, -0.2) is 38.0 Å². The molecule has 4 rings (SSSR count). The topological polar surface area (TPSA) is 101 Å². The van der Waals surface area contributed by atoms with E-state index in [-0.39, 0.29) is 48.0 Å². The van der Waals surface area contributed by atoms with Crippen LogP contribution in [0.25, 0.3) is 5.65 Å². The second-order valence-corrected chi connectivity index (χ2v) is 8.81. The highest BCUT2D eigenvalue weighted by Gasteiger charge is 2.32. The van der Waals surface area contributed by atoms with Gasteiger partial charge in [-0.1, -0.05) is 25.1 Å². The van der Waals surface area contributed by atoms with Crippen molar-refractivity contribution in [3.05, 3.63) is 101 Å². The fraction of sp³-hybridized carbons (Fsp3) is 0.222. The predicted molar refractivity (Wildman–Crippen MR) is 127 cm³/mol. The number of aromatic nitrogens is 2. The number of nitrogens with zero attached hydrogens (tertiary/aromatic N) is 2. The van der Waals surface area contributed by atoms with E-state index in [2.05, 4.69) is 4.98 Å². The summed E-state index contributed by atoms with van der Waals surface area (Å²) >= 11 is 0. The standard InChI is InChI=1S/C27H24F2N2O5/c1-16-24(22(33)13-27(2,15-32)18-7-3-6-17(12-18)26(34)35)31-11-5-10-23(25(31)30-16)36-14-19-20(28)8-4-9-21(19)29/h3-12,32H,13-15H2,1-2H3,(H,34,35)/t27-/m0/s1. The summed E-state index contributed by atoms with van der Waals surface area (Å²) in [6, 6.07) is 12.9. The lowest BCUT2D eigenvalue weighted by Crippen LogP contribution is -2.31. The Labute approximate surface area is 205 Å². The summed E-state index contributed by atoms with van der Waals surface area (Å²) in [5, 5.41) is 19.5. The summed E-state index contributed by atoms with van der Waals surface area (Å²) in [5.41, 5.74) is 0.277. The Balaban J connectivity index is 1.65. The molecule has 1 atom stereocenters. The number of ether oxygens (including phenoxy) is 1. The molecule has 0 spiro atoms. The van der Waals surface area contributed by atoms with Gasteiger partial charge in [0.1, 0.15) is 23.9 Å². The average Bonchev–Trinajstić information content (AvgIpc) is 3.20. The molecule has 0 amide bonds. The number of carbonyl (C=O) groups is 2. The van der Waals surface area contributed by atoms with Crippen molar-refractivity contribution in [2.45, 2.75) is 32.3 Å². The number of hydrogen-bond acceptors (Lipinski definition) is 5. The molecule has 7 nitrogen and oxygen atoms in total. The number of rotatable bonds is 9. The van der Waals surface area contributed by atoms with Gasteiger partial charge in [0, 0.05) is 18.0 Å². The molecule has 4 aromatic rings. The second kappa shape index (κ2) is 9.87. The van der Waals surface area contributed by atoms with Crippen LogP contribution in [0.5, 0.6) is 5.75 Å². The zero-order chi connectivity index (χ0) is 26.0. The zero-order valence-electron chi connectivity index (χ0n) is 19.7. The SMILES string of the molecule is Cc1nc2c(OCc3c(F)cccc3F)cccn2c1C(=O)C[C@@](C)(CO)c1cccc(C(=O)O)c1. The number of aliphatic hydroxyl groups is 1. The second-order valence-electron chi connectivity index (χ2n) is 8.81. The van der Waals surface area contributed by atoms with Crippen LogP contribution >= 0.6 is 0 Å². The molecular formula is C27H24F2N2O5. The largest absolute Gasteiger partial charge is 0.485 e. The number of aryl methyl sites for hydroxylation is 1. The minimum Gasteiger partial charge on any atom is -0.485 e. The van der Waals surface area contributed by atoms with Crippen molar-refractivity contribution >= 4 is 17.4 Å². The van der Waals surface area contributed by atoms with E-state index in [0.717, 1.165) is 12.1 Å². The maximum Gasteiger partial charge on any atom is 0.335 e. The van der Waals surface area contributed by atoms with Gasteiger partial charge in [-0.15, -0.1) is 0 Å². The van der Waals surface area contributed by atoms with E-state index in [0.29, 0.717) is 16.9 Å². The molecule has 0 aliphatic heterocycles. The fourth-order valence-electron chi connectivity index (χ4n) is 4.14. The van der Waals surface area contributed by atoms with E-state index in [1.165, 1.54) is 22.6 Å². The molecule has 0 fully saturated rings. The third-order valence-electron chi connectivity index (χ3n) is 6.19. The zero-order valence-corrected chi connectivity index (χ0v) is 19.7. The highest BCUT2D eigenvalue weighted by Crippen LogP contribution is 2.31. The third-order valence-corrected chi connectivity index (χ3v) is 6.19. The molecule has 2 aromatic heterocycles. The molecule has 0 aliphatic carbocycles. The lowest BCUT2D eigenvalue weighted by Gasteiger charge is -2.27. The monoisotopic (exact) mass is 494 g/mol. The lowest BCUT2D eigenvalue weighted by molar-refractivity contribution is 0.0696. The summed E-state index contributed by atoms with van der Waals surface area (Å²) in [6.07, 6.45) is 1.51. The molecule has 0 radical (unpaired) electrons. The molecule has 2 heterocycles. The fourth-order valence-corrected chi connectivity index (χ4v) is 4.14. The number of hydrogen-bond donors (Lipinski definition) is 2. The van der Waals surface area contributed by atoms with Gasteiger partial charge in [0.05, 0.1) is 23.4 Å². The Morgan fingerprint density at radius 1 is 1.08 bits per heavy atom. The number of aromatic carboxylic acids is 1. The molecule has 0 saturated heterocycles. The number of fused-ring (bicyclic) bond motifs is 1. The molecule has 186 valence electrons. The van der Waals surface area contributed by atoms with Crippen LogP contribution in [0.2, 0.25) is 0 Å². The first-order chi connectivity index (χ1) is 17.1. The number of ketones is 1. The van der Waals surface area contributed by atoms with Crippen LogP contribution in [0, 0.1) is 18.6 Å². The van der Waals surface area contributed by atoms with Crippen LogP contribution in [-0.2, 0) is 12.0 Å². The van der Waals surface area contributed by atoms with E-state index in [4.69, 9.17) is 4.74 Å². The maximum atomic E-state index is 14.0. The lowest BCUT2D eigenvalue weighted by atomic mass is 9.78. The van der Waals surface area contributed by atoms with Gasteiger partial charge in [0.25, 0.3) is 0 Å². The summed E-state index contributed by atoms with van der Waals surface area (Å²) in [6.45, 7) is 2.58. The maximum absolute atomic E-state index is 14.0. The molecule has 0 bridgehead atoms. The Hall–Kier alpha value is -4.11. The Morgan fingerprint density at radius 2 is 1.78 bits per heavy atom. The molecule has 36 heavy (non-hydrogen) atoms. The van der Waals surface area contributed by atoms with E-state index < -0.39 is 23.0 Å². The number of carboxylic acid groups (broad SMARTS) is 1. The molecule has 2 aromatic carbocycles. The van der Waals surface area contributed by atoms with Crippen molar-refractivity contribution in [3.63, 3.8) is 0 Å².